The highest BCUT2D eigenvalue weighted by atomic mass is 32.1. The lowest BCUT2D eigenvalue weighted by Crippen LogP contribution is -2.27. The zero-order chi connectivity index (χ0) is 14.6. The van der Waals surface area contributed by atoms with Crippen LogP contribution in [0.4, 0.5) is 0 Å². The van der Waals surface area contributed by atoms with E-state index in [9.17, 15) is 0 Å². The number of nitrogens with two attached hydrogens (primary N) is 1. The first-order chi connectivity index (χ1) is 9.45. The number of thiazole rings is 1. The number of hydrogen-bond donors (Lipinski definition) is 1. The summed E-state index contributed by atoms with van der Waals surface area (Å²) in [5, 5.41) is 3.35. The second-order valence-corrected chi connectivity index (χ2v) is 7.85. The maximum atomic E-state index is 6.25. The normalized spacial score (nSPS) is 21.9. The van der Waals surface area contributed by atoms with Gasteiger partial charge in [-0.15, -0.1) is 11.3 Å². The van der Waals surface area contributed by atoms with Gasteiger partial charge in [0.05, 0.1) is 16.8 Å². The molecular formula is C16H28N2OS. The fraction of sp³-hybridized carbons (Fsp3) is 0.812. The Bertz CT molecular complexity index is 405. The van der Waals surface area contributed by atoms with Gasteiger partial charge in [-0.3, -0.25) is 0 Å². The third kappa shape index (κ3) is 4.83. The van der Waals surface area contributed by atoms with Crippen LogP contribution in [-0.2, 0) is 16.6 Å². The van der Waals surface area contributed by atoms with E-state index in [1.54, 1.807) is 11.3 Å². The van der Waals surface area contributed by atoms with Gasteiger partial charge < -0.3 is 10.5 Å². The Balaban J connectivity index is 1.76. The van der Waals surface area contributed by atoms with E-state index in [-0.39, 0.29) is 11.5 Å². The summed E-state index contributed by atoms with van der Waals surface area (Å²) in [5.74, 6) is 0. The molecule has 3 nitrogen and oxygen atoms in total. The Hall–Kier alpha value is -0.450. The zero-order valence-electron chi connectivity index (χ0n) is 13.0. The highest BCUT2D eigenvalue weighted by Gasteiger charge is 2.19. The Morgan fingerprint density at radius 2 is 2.25 bits per heavy atom. The molecule has 4 heteroatoms. The molecule has 2 heterocycles. The van der Waals surface area contributed by atoms with Crippen LogP contribution >= 0.6 is 11.3 Å². The van der Waals surface area contributed by atoms with Gasteiger partial charge in [-0.05, 0) is 32.1 Å². The van der Waals surface area contributed by atoms with Crippen LogP contribution in [0.25, 0.3) is 0 Å². The lowest BCUT2D eigenvalue weighted by Gasteiger charge is -2.23. The molecule has 1 aromatic heterocycles. The van der Waals surface area contributed by atoms with Crippen molar-refractivity contribution in [3.8, 4) is 0 Å². The van der Waals surface area contributed by atoms with Gasteiger partial charge in [-0.2, -0.15) is 0 Å². The summed E-state index contributed by atoms with van der Waals surface area (Å²) in [4.78, 5) is 4.72. The van der Waals surface area contributed by atoms with E-state index < -0.39 is 0 Å². The molecule has 0 bridgehead atoms. The lowest BCUT2D eigenvalue weighted by atomic mass is 9.93. The maximum Gasteiger partial charge on any atom is 0.0943 e. The van der Waals surface area contributed by atoms with Crippen LogP contribution in [0.3, 0.4) is 0 Å². The number of hydrogen-bond acceptors (Lipinski definition) is 4. The summed E-state index contributed by atoms with van der Waals surface area (Å²) in [6.07, 6.45) is 7.20. The van der Waals surface area contributed by atoms with Crippen LogP contribution in [0, 0.1) is 0 Å². The minimum Gasteiger partial charge on any atom is -0.378 e. The van der Waals surface area contributed by atoms with Crippen molar-refractivity contribution in [3.63, 3.8) is 0 Å². The second kappa shape index (κ2) is 7.01. The molecule has 1 aliphatic heterocycles. The summed E-state index contributed by atoms with van der Waals surface area (Å²) < 4.78 is 5.76. The molecule has 0 amide bonds. The molecule has 20 heavy (non-hydrogen) atoms. The Labute approximate surface area is 126 Å². The predicted molar refractivity (Wildman–Crippen MR) is 85.3 cm³/mol. The van der Waals surface area contributed by atoms with Crippen molar-refractivity contribution in [2.45, 2.75) is 76.9 Å². The average Bonchev–Trinajstić information content (AvgIpc) is 2.86. The van der Waals surface area contributed by atoms with E-state index >= 15 is 0 Å². The molecule has 1 aromatic rings. The van der Waals surface area contributed by atoms with Crippen molar-refractivity contribution in [2.24, 2.45) is 5.73 Å². The van der Waals surface area contributed by atoms with Crippen molar-refractivity contribution >= 4 is 11.3 Å². The van der Waals surface area contributed by atoms with E-state index in [1.807, 2.05) is 0 Å². The summed E-state index contributed by atoms with van der Waals surface area (Å²) >= 11 is 1.74. The number of rotatable bonds is 5. The van der Waals surface area contributed by atoms with Gasteiger partial charge in [0.15, 0.2) is 0 Å². The Kier molecular flexibility index (Phi) is 5.58. The molecule has 1 fully saturated rings. The predicted octanol–water partition coefficient (Wildman–Crippen LogP) is 3.66. The molecular weight excluding hydrogens is 268 g/mol. The van der Waals surface area contributed by atoms with Crippen molar-refractivity contribution in [2.75, 3.05) is 6.61 Å². The molecule has 1 saturated heterocycles. The standard InChI is InChI=1S/C16H28N2OS/c1-16(2,3)14-11-20-15(18-14)10-12(17)7-8-13-6-4-5-9-19-13/h11-13H,4-10,17H2,1-3H3. The first-order valence-corrected chi connectivity index (χ1v) is 8.65. The zero-order valence-corrected chi connectivity index (χ0v) is 13.8. The maximum absolute atomic E-state index is 6.25. The topological polar surface area (TPSA) is 48.1 Å². The van der Waals surface area contributed by atoms with Crippen LogP contribution < -0.4 is 5.73 Å². The fourth-order valence-corrected chi connectivity index (χ4v) is 3.63. The van der Waals surface area contributed by atoms with Gasteiger partial charge in [0, 0.05) is 29.9 Å². The fourth-order valence-electron chi connectivity index (χ4n) is 2.51. The van der Waals surface area contributed by atoms with E-state index in [0.29, 0.717) is 6.10 Å². The third-order valence-electron chi connectivity index (χ3n) is 3.89. The quantitative estimate of drug-likeness (QED) is 0.902. The first-order valence-electron chi connectivity index (χ1n) is 7.77. The SMILES string of the molecule is CC(C)(C)c1csc(CC(N)CCC2CCCCO2)n1. The van der Waals surface area contributed by atoms with E-state index in [2.05, 4.69) is 26.2 Å². The molecule has 2 rings (SSSR count). The van der Waals surface area contributed by atoms with E-state index in [4.69, 9.17) is 15.5 Å². The van der Waals surface area contributed by atoms with Crippen LogP contribution in [0.2, 0.25) is 0 Å². The van der Waals surface area contributed by atoms with Crippen molar-refractivity contribution < 1.29 is 4.74 Å². The van der Waals surface area contributed by atoms with Gasteiger partial charge in [0.1, 0.15) is 0 Å². The molecule has 0 saturated carbocycles. The lowest BCUT2D eigenvalue weighted by molar-refractivity contribution is 0.00915. The van der Waals surface area contributed by atoms with Gasteiger partial charge in [-0.1, -0.05) is 20.8 Å². The molecule has 0 radical (unpaired) electrons. The van der Waals surface area contributed by atoms with E-state index in [0.717, 1.165) is 25.9 Å². The van der Waals surface area contributed by atoms with Gasteiger partial charge in [0.2, 0.25) is 0 Å². The number of ether oxygens (including phenoxy) is 1. The summed E-state index contributed by atoms with van der Waals surface area (Å²) in [5.41, 5.74) is 7.57. The first kappa shape index (κ1) is 15.9. The number of aromatic nitrogens is 1. The molecule has 2 unspecified atom stereocenters. The van der Waals surface area contributed by atoms with Crippen LogP contribution in [0.1, 0.15) is 63.6 Å². The summed E-state index contributed by atoms with van der Waals surface area (Å²) in [6, 6.07) is 0.208. The third-order valence-corrected chi connectivity index (χ3v) is 4.76. The van der Waals surface area contributed by atoms with Crippen LogP contribution in [0.15, 0.2) is 5.38 Å². The average molecular weight is 296 g/mol. The van der Waals surface area contributed by atoms with Gasteiger partial charge in [0.25, 0.3) is 0 Å². The molecule has 2 N–H and O–H groups in total. The van der Waals surface area contributed by atoms with Gasteiger partial charge >= 0.3 is 0 Å². The monoisotopic (exact) mass is 296 g/mol. The minimum atomic E-state index is 0.134. The Morgan fingerprint density at radius 3 is 2.85 bits per heavy atom. The van der Waals surface area contributed by atoms with Gasteiger partial charge in [-0.25, -0.2) is 4.98 Å². The second-order valence-electron chi connectivity index (χ2n) is 6.91. The molecule has 0 aromatic carbocycles. The smallest absolute Gasteiger partial charge is 0.0943 e. The van der Waals surface area contributed by atoms with Crippen molar-refractivity contribution in [1.82, 2.24) is 4.98 Å². The van der Waals surface area contributed by atoms with Crippen LogP contribution in [-0.4, -0.2) is 23.7 Å². The summed E-state index contributed by atoms with van der Waals surface area (Å²) in [7, 11) is 0. The minimum absolute atomic E-state index is 0.134. The van der Waals surface area contributed by atoms with Crippen LogP contribution in [0.5, 0.6) is 0 Å². The van der Waals surface area contributed by atoms with Crippen molar-refractivity contribution in [3.05, 3.63) is 16.1 Å². The molecule has 114 valence electrons. The molecule has 2 atom stereocenters. The highest BCUT2D eigenvalue weighted by Crippen LogP contribution is 2.25. The highest BCUT2D eigenvalue weighted by molar-refractivity contribution is 7.09. The molecule has 0 aliphatic carbocycles. The largest absolute Gasteiger partial charge is 0.378 e. The molecule has 0 spiro atoms. The summed E-state index contributed by atoms with van der Waals surface area (Å²) in [6.45, 7) is 7.53. The molecule has 1 aliphatic rings. The van der Waals surface area contributed by atoms with E-state index in [1.165, 1.54) is 30.0 Å². The Morgan fingerprint density at radius 1 is 1.45 bits per heavy atom. The number of nitrogens with zero attached hydrogens (tertiary/aromatic N) is 1. The van der Waals surface area contributed by atoms with Crippen molar-refractivity contribution in [1.29, 1.82) is 0 Å².